The molecule has 1 unspecified atom stereocenters. The van der Waals surface area contributed by atoms with Crippen LogP contribution in [0, 0.1) is 0 Å². The van der Waals surface area contributed by atoms with Crippen LogP contribution < -0.4 is 0 Å². The van der Waals surface area contributed by atoms with Gasteiger partial charge >= 0.3 is 18.2 Å². The van der Waals surface area contributed by atoms with Crippen molar-refractivity contribution in [1.29, 1.82) is 0 Å². The van der Waals surface area contributed by atoms with Crippen molar-refractivity contribution in [3.63, 3.8) is 0 Å². The van der Waals surface area contributed by atoms with Gasteiger partial charge in [0.1, 0.15) is 12.9 Å². The summed E-state index contributed by atoms with van der Waals surface area (Å²) in [5.74, 6) is -2.47. The highest BCUT2D eigenvalue weighted by Crippen LogP contribution is 2.01. The maximum Gasteiger partial charge on any atom is 0.335 e. The van der Waals surface area contributed by atoms with Crippen LogP contribution in [0.5, 0.6) is 0 Å². The summed E-state index contributed by atoms with van der Waals surface area (Å²) in [6.45, 7) is 0.664. The quantitative estimate of drug-likeness (QED) is 0.246. The fourth-order valence-corrected chi connectivity index (χ4v) is 0.756. The van der Waals surface area contributed by atoms with Crippen molar-refractivity contribution in [3.05, 3.63) is 0 Å². The van der Waals surface area contributed by atoms with E-state index in [-0.39, 0.29) is 6.61 Å². The largest absolute Gasteiger partial charge is 0.418 e. The molecule has 7 heteroatoms. The minimum atomic E-state index is -1.69. The van der Waals surface area contributed by atoms with E-state index in [1.165, 1.54) is 7.11 Å². The van der Waals surface area contributed by atoms with Crippen LogP contribution in [0.1, 0.15) is 13.3 Å². The Bertz CT molecular complexity index is 284. The topological polar surface area (TPSA) is 96.0 Å². The van der Waals surface area contributed by atoms with Crippen molar-refractivity contribution in [1.82, 2.24) is 0 Å². The number of hydrogen-bond acceptors (Lipinski definition) is 7. The van der Waals surface area contributed by atoms with Gasteiger partial charge in [-0.15, -0.1) is 0 Å². The Hall–Kier alpha value is -1.76. The summed E-state index contributed by atoms with van der Waals surface area (Å²) in [5, 5.41) is 0. The van der Waals surface area contributed by atoms with Gasteiger partial charge in [-0.2, -0.15) is 0 Å². The average molecular weight is 232 g/mol. The van der Waals surface area contributed by atoms with Gasteiger partial charge in [0, 0.05) is 14.0 Å². The summed E-state index contributed by atoms with van der Waals surface area (Å²) in [4.78, 5) is 42.9. The zero-order valence-electron chi connectivity index (χ0n) is 8.93. The SMILES string of the molecule is COCC(=O)OC(OC(C)=O)C(=O)CC=O. The van der Waals surface area contributed by atoms with Crippen LogP contribution in [0.2, 0.25) is 0 Å². The minimum Gasteiger partial charge on any atom is -0.418 e. The van der Waals surface area contributed by atoms with E-state index >= 15 is 0 Å². The molecule has 0 radical (unpaired) electrons. The molecule has 0 fully saturated rings. The molecule has 0 aliphatic carbocycles. The summed E-state index contributed by atoms with van der Waals surface area (Å²) in [6, 6.07) is 0. The summed E-state index contributed by atoms with van der Waals surface area (Å²) >= 11 is 0. The second-order valence-corrected chi connectivity index (χ2v) is 2.70. The van der Waals surface area contributed by atoms with Gasteiger partial charge in [0.2, 0.25) is 5.78 Å². The van der Waals surface area contributed by atoms with Crippen LogP contribution in [0.25, 0.3) is 0 Å². The molecule has 0 saturated heterocycles. The number of Topliss-reactive ketones (excluding diaryl/α,β-unsaturated/α-hetero) is 1. The molecule has 0 N–H and O–H groups in total. The van der Waals surface area contributed by atoms with E-state index in [9.17, 15) is 19.2 Å². The molecule has 0 heterocycles. The van der Waals surface area contributed by atoms with Crippen LogP contribution in [0.3, 0.4) is 0 Å². The number of rotatable bonds is 7. The number of ether oxygens (including phenoxy) is 3. The standard InChI is InChI=1S/C9H12O7/c1-6(11)15-9(7(12)3-4-10)16-8(13)5-14-2/h4,9H,3,5H2,1-2H3. The molecule has 0 aromatic rings. The molecule has 0 aromatic carbocycles. The maximum atomic E-state index is 11.2. The number of methoxy groups -OCH3 is 1. The molecule has 0 aliphatic rings. The lowest BCUT2D eigenvalue weighted by molar-refractivity contribution is -0.192. The van der Waals surface area contributed by atoms with E-state index in [1.54, 1.807) is 0 Å². The first-order valence-corrected chi connectivity index (χ1v) is 4.33. The van der Waals surface area contributed by atoms with E-state index in [0.29, 0.717) is 6.29 Å². The Kier molecular flexibility index (Phi) is 6.69. The summed E-state index contributed by atoms with van der Waals surface area (Å²) < 4.78 is 13.4. The molecule has 0 amide bonds. The second kappa shape index (κ2) is 7.52. The van der Waals surface area contributed by atoms with Gasteiger partial charge < -0.3 is 19.0 Å². The Morgan fingerprint density at radius 3 is 2.31 bits per heavy atom. The molecule has 0 rings (SSSR count). The lowest BCUT2D eigenvalue weighted by Crippen LogP contribution is -2.33. The average Bonchev–Trinajstić information content (AvgIpc) is 2.16. The fourth-order valence-electron chi connectivity index (χ4n) is 0.756. The molecule has 0 spiro atoms. The molecule has 0 saturated carbocycles. The van der Waals surface area contributed by atoms with Gasteiger partial charge in [-0.25, -0.2) is 4.79 Å². The smallest absolute Gasteiger partial charge is 0.335 e. The molecular formula is C9H12O7. The van der Waals surface area contributed by atoms with Crippen LogP contribution in [0.4, 0.5) is 0 Å². The van der Waals surface area contributed by atoms with Crippen LogP contribution in [0.15, 0.2) is 0 Å². The first-order valence-electron chi connectivity index (χ1n) is 4.33. The number of ketones is 1. The highest BCUT2D eigenvalue weighted by molar-refractivity contribution is 5.94. The first-order chi connectivity index (χ1) is 7.51. The lowest BCUT2D eigenvalue weighted by Gasteiger charge is -2.14. The van der Waals surface area contributed by atoms with Crippen LogP contribution in [-0.4, -0.2) is 44.0 Å². The molecule has 90 valence electrons. The lowest BCUT2D eigenvalue weighted by atomic mass is 10.3. The van der Waals surface area contributed by atoms with E-state index in [1.807, 2.05) is 0 Å². The number of carbonyl (C=O) groups excluding carboxylic acids is 4. The van der Waals surface area contributed by atoms with E-state index < -0.39 is 30.4 Å². The van der Waals surface area contributed by atoms with Gasteiger partial charge in [-0.1, -0.05) is 0 Å². The number of esters is 2. The van der Waals surface area contributed by atoms with Gasteiger partial charge in [-0.3, -0.25) is 9.59 Å². The number of hydrogen-bond donors (Lipinski definition) is 0. The summed E-state index contributed by atoms with van der Waals surface area (Å²) in [7, 11) is 1.26. The third-order valence-electron chi connectivity index (χ3n) is 1.32. The van der Waals surface area contributed by atoms with Crippen molar-refractivity contribution in [2.75, 3.05) is 13.7 Å². The monoisotopic (exact) mass is 232 g/mol. The molecule has 0 bridgehead atoms. The highest BCUT2D eigenvalue weighted by Gasteiger charge is 2.25. The molecular weight excluding hydrogens is 220 g/mol. The van der Waals surface area contributed by atoms with E-state index in [2.05, 4.69) is 14.2 Å². The third-order valence-corrected chi connectivity index (χ3v) is 1.32. The molecule has 7 nitrogen and oxygen atoms in total. The first kappa shape index (κ1) is 14.2. The Balaban J connectivity index is 4.41. The van der Waals surface area contributed by atoms with Gasteiger partial charge in [-0.05, 0) is 0 Å². The predicted molar refractivity (Wildman–Crippen MR) is 49.2 cm³/mol. The van der Waals surface area contributed by atoms with E-state index in [0.717, 1.165) is 6.92 Å². The summed E-state index contributed by atoms with van der Waals surface area (Å²) in [6.07, 6.45) is -1.87. The maximum absolute atomic E-state index is 11.2. The van der Waals surface area contributed by atoms with Gasteiger partial charge in [0.25, 0.3) is 0 Å². The number of aldehydes is 1. The van der Waals surface area contributed by atoms with Crippen LogP contribution >= 0.6 is 0 Å². The number of carbonyl (C=O) groups is 4. The van der Waals surface area contributed by atoms with Gasteiger partial charge in [0.05, 0.1) is 6.42 Å². The zero-order chi connectivity index (χ0) is 12.6. The Morgan fingerprint density at radius 1 is 1.25 bits per heavy atom. The van der Waals surface area contributed by atoms with E-state index in [4.69, 9.17) is 0 Å². The van der Waals surface area contributed by atoms with Crippen molar-refractivity contribution >= 4 is 24.0 Å². The second-order valence-electron chi connectivity index (χ2n) is 2.70. The molecule has 16 heavy (non-hydrogen) atoms. The van der Waals surface area contributed by atoms with Crippen molar-refractivity contribution in [2.45, 2.75) is 19.6 Å². The highest BCUT2D eigenvalue weighted by atomic mass is 16.7. The third kappa shape index (κ3) is 5.86. The van der Waals surface area contributed by atoms with Crippen LogP contribution in [-0.2, 0) is 33.4 Å². The molecule has 1 atom stereocenters. The van der Waals surface area contributed by atoms with Crippen molar-refractivity contribution in [3.8, 4) is 0 Å². The Morgan fingerprint density at radius 2 is 1.88 bits per heavy atom. The fraction of sp³-hybridized carbons (Fsp3) is 0.556. The van der Waals surface area contributed by atoms with Gasteiger partial charge in [0.15, 0.2) is 0 Å². The predicted octanol–water partition coefficient (Wildman–Crippen LogP) is -0.777. The van der Waals surface area contributed by atoms with Crippen molar-refractivity contribution < 1.29 is 33.4 Å². The zero-order valence-corrected chi connectivity index (χ0v) is 8.93. The van der Waals surface area contributed by atoms with Crippen molar-refractivity contribution in [2.24, 2.45) is 0 Å². The minimum absolute atomic E-state index is 0.322. The molecule has 0 aliphatic heterocycles. The Labute approximate surface area is 91.6 Å². The molecule has 0 aromatic heterocycles. The normalized spacial score (nSPS) is 11.4. The summed E-state index contributed by atoms with van der Waals surface area (Å²) in [5.41, 5.74) is 0.